The van der Waals surface area contributed by atoms with Gasteiger partial charge < -0.3 is 9.13 Å². The predicted molar refractivity (Wildman–Crippen MR) is 232 cm³/mol. The molecular weight excluding hydrogens is 911 g/mol. The molecule has 3 heterocycles. The quantitative estimate of drug-likeness (QED) is 0.162. The zero-order valence-corrected chi connectivity index (χ0v) is 34.2. The molecule has 0 saturated heterocycles. The number of halogens is 12. The van der Waals surface area contributed by atoms with Crippen molar-refractivity contribution in [2.45, 2.75) is 24.7 Å². The molecule has 7 aromatic carbocycles. The van der Waals surface area contributed by atoms with Crippen molar-refractivity contribution >= 4 is 43.6 Å². The molecule has 0 unspecified atom stereocenters. The van der Waals surface area contributed by atoms with E-state index in [-0.39, 0.29) is 71.9 Å². The summed E-state index contributed by atoms with van der Waals surface area (Å²) in [6.07, 6.45) is -19.6. The van der Waals surface area contributed by atoms with Crippen molar-refractivity contribution in [3.05, 3.63) is 179 Å². The van der Waals surface area contributed by atoms with E-state index in [1.807, 2.05) is 0 Å². The third kappa shape index (κ3) is 7.51. The first-order chi connectivity index (χ1) is 32.2. The van der Waals surface area contributed by atoms with E-state index in [1.54, 1.807) is 66.7 Å². The van der Waals surface area contributed by atoms with Crippen molar-refractivity contribution in [3.63, 3.8) is 0 Å². The van der Waals surface area contributed by atoms with Crippen LogP contribution in [0.25, 0.3) is 88.9 Å². The number of aromatic nitrogens is 4. The van der Waals surface area contributed by atoms with Gasteiger partial charge in [-0.1, -0.05) is 60.7 Å². The summed E-state index contributed by atoms with van der Waals surface area (Å²) in [5.41, 5.74) is -3.19. The molecule has 338 valence electrons. The monoisotopic (exact) mass is 935 g/mol. The minimum atomic E-state index is -4.91. The maximum Gasteiger partial charge on any atom is 0.416 e. The lowest BCUT2D eigenvalue weighted by molar-refractivity contribution is -0.138. The smallest absolute Gasteiger partial charge is 0.308 e. The van der Waals surface area contributed by atoms with E-state index in [4.69, 9.17) is 9.97 Å². The first-order valence-corrected chi connectivity index (χ1v) is 20.2. The third-order valence-corrected chi connectivity index (χ3v) is 11.7. The zero-order valence-electron chi connectivity index (χ0n) is 34.2. The van der Waals surface area contributed by atoms with E-state index >= 15 is 0 Å². The lowest BCUT2D eigenvalue weighted by Gasteiger charge is -2.19. The average molecular weight is 936 g/mol. The van der Waals surface area contributed by atoms with E-state index in [2.05, 4.69) is 6.07 Å². The van der Waals surface area contributed by atoms with Crippen molar-refractivity contribution in [1.82, 2.24) is 19.1 Å². The number of benzene rings is 7. The van der Waals surface area contributed by atoms with Gasteiger partial charge in [0.15, 0.2) is 5.82 Å². The van der Waals surface area contributed by atoms with E-state index < -0.39 is 47.0 Å². The predicted octanol–water partition coefficient (Wildman–Crippen LogP) is 15.6. The highest BCUT2D eigenvalue weighted by Gasteiger charge is 2.36. The van der Waals surface area contributed by atoms with Gasteiger partial charge in [0.1, 0.15) is 6.07 Å². The summed E-state index contributed by atoms with van der Waals surface area (Å²) in [7, 11) is 0. The summed E-state index contributed by atoms with van der Waals surface area (Å²) in [5, 5.41) is 10.0. The number of fused-ring (bicyclic) bond motifs is 6. The summed E-state index contributed by atoms with van der Waals surface area (Å²) in [6, 6.07) is 34.1. The maximum absolute atomic E-state index is 14.3. The zero-order chi connectivity index (χ0) is 48.1. The fourth-order valence-electron chi connectivity index (χ4n) is 8.57. The minimum absolute atomic E-state index is 0.0152. The Balaban J connectivity index is 1.37. The molecule has 0 aliphatic heterocycles. The lowest BCUT2D eigenvalue weighted by atomic mass is 10.0. The Kier molecular flexibility index (Phi) is 9.96. The fourth-order valence-corrected chi connectivity index (χ4v) is 8.57. The fraction of sp³-hybridized carbons (Fsp3) is 0.0784. The van der Waals surface area contributed by atoms with E-state index in [0.29, 0.717) is 34.6 Å². The summed E-state index contributed by atoms with van der Waals surface area (Å²) in [6.45, 7) is 0. The first kappa shape index (κ1) is 43.7. The number of hydrogen-bond donors (Lipinski definition) is 0. The van der Waals surface area contributed by atoms with Crippen molar-refractivity contribution < 1.29 is 52.7 Å². The van der Waals surface area contributed by atoms with Crippen molar-refractivity contribution in [2.24, 2.45) is 0 Å². The Bertz CT molecular complexity index is 3490. The van der Waals surface area contributed by atoms with Gasteiger partial charge in [0.25, 0.3) is 0 Å². The van der Waals surface area contributed by atoms with Crippen LogP contribution in [-0.4, -0.2) is 19.1 Å². The van der Waals surface area contributed by atoms with Gasteiger partial charge in [0, 0.05) is 38.2 Å². The van der Waals surface area contributed by atoms with Gasteiger partial charge in [0.05, 0.1) is 72.6 Å². The van der Waals surface area contributed by atoms with Crippen LogP contribution in [0.1, 0.15) is 27.8 Å². The number of alkyl halides is 12. The van der Waals surface area contributed by atoms with Crippen LogP contribution in [0.15, 0.2) is 152 Å². The van der Waals surface area contributed by atoms with Crippen LogP contribution < -0.4 is 0 Å². The molecule has 0 saturated carbocycles. The van der Waals surface area contributed by atoms with Gasteiger partial charge in [-0.25, -0.2) is 9.97 Å². The Hall–Kier alpha value is -8.13. The number of nitriles is 1. The largest absolute Gasteiger partial charge is 0.416 e. The molecule has 0 N–H and O–H groups in total. The van der Waals surface area contributed by atoms with Crippen LogP contribution in [0.4, 0.5) is 52.7 Å². The third-order valence-electron chi connectivity index (χ3n) is 11.7. The van der Waals surface area contributed by atoms with Crippen LogP contribution in [0.5, 0.6) is 0 Å². The van der Waals surface area contributed by atoms with Gasteiger partial charge in [0.2, 0.25) is 0 Å². The molecule has 0 fully saturated rings. The second-order valence-corrected chi connectivity index (χ2v) is 15.8. The van der Waals surface area contributed by atoms with Crippen molar-refractivity contribution in [3.8, 4) is 51.3 Å². The SMILES string of the molecule is N#Cc1cc(-n2c3ccc(C(F)(F)F)cc3c3cc(C(F)(F)F)ccc32)c(-c2nc(-c3ccccc3)cc(-c3ccccc3)n2)cc1-n1c2ccc(C(F)(F)F)cc2c2cc(C(F)(F)F)ccc21. The molecule has 0 radical (unpaired) electrons. The minimum Gasteiger partial charge on any atom is -0.308 e. The van der Waals surface area contributed by atoms with Gasteiger partial charge >= 0.3 is 24.7 Å². The second kappa shape index (κ2) is 15.5. The molecule has 5 nitrogen and oxygen atoms in total. The molecule has 3 aromatic heterocycles. The van der Waals surface area contributed by atoms with Crippen LogP contribution in [-0.2, 0) is 24.7 Å². The van der Waals surface area contributed by atoms with Crippen molar-refractivity contribution in [1.29, 1.82) is 5.26 Å². The Morgan fingerprint density at radius 2 is 0.721 bits per heavy atom. The molecule has 0 aliphatic rings. The summed E-state index contributed by atoms with van der Waals surface area (Å²) in [5.74, 6) is -0.0840. The lowest BCUT2D eigenvalue weighted by Crippen LogP contribution is -2.07. The topological polar surface area (TPSA) is 59.4 Å². The average Bonchev–Trinajstić information content (AvgIpc) is 3.81. The molecule has 0 spiro atoms. The van der Waals surface area contributed by atoms with E-state index in [1.165, 1.54) is 21.3 Å². The normalized spacial score (nSPS) is 12.7. The summed E-state index contributed by atoms with van der Waals surface area (Å²) >= 11 is 0. The van der Waals surface area contributed by atoms with Crippen LogP contribution >= 0.6 is 0 Å². The summed E-state index contributed by atoms with van der Waals surface area (Å²) < 4.78 is 173. The molecule has 17 heteroatoms. The molecule has 10 aromatic rings. The molecule has 0 atom stereocenters. The Labute approximate surface area is 375 Å². The van der Waals surface area contributed by atoms with E-state index in [0.717, 1.165) is 60.7 Å². The second-order valence-electron chi connectivity index (χ2n) is 15.8. The maximum atomic E-state index is 14.3. The molecule has 0 aliphatic carbocycles. The summed E-state index contributed by atoms with van der Waals surface area (Å²) in [4.78, 5) is 9.88. The van der Waals surface area contributed by atoms with Crippen molar-refractivity contribution in [2.75, 3.05) is 0 Å². The van der Waals surface area contributed by atoms with Gasteiger partial charge in [-0.2, -0.15) is 57.9 Å². The van der Waals surface area contributed by atoms with Gasteiger partial charge in [-0.15, -0.1) is 0 Å². The van der Waals surface area contributed by atoms with Crippen LogP contribution in [0.3, 0.4) is 0 Å². The molecule has 10 rings (SSSR count). The van der Waals surface area contributed by atoms with Gasteiger partial charge in [-0.3, -0.25) is 0 Å². The molecular formula is C51H25F12N5. The molecule has 68 heavy (non-hydrogen) atoms. The molecule has 0 amide bonds. The van der Waals surface area contributed by atoms with E-state index in [9.17, 15) is 57.9 Å². The molecule has 0 bridgehead atoms. The Morgan fingerprint density at radius 1 is 0.382 bits per heavy atom. The number of rotatable bonds is 5. The van der Waals surface area contributed by atoms with Crippen LogP contribution in [0.2, 0.25) is 0 Å². The number of nitrogens with zero attached hydrogens (tertiary/aromatic N) is 5. The number of hydrogen-bond acceptors (Lipinski definition) is 3. The highest BCUT2D eigenvalue weighted by Crippen LogP contribution is 2.45. The highest BCUT2D eigenvalue weighted by molar-refractivity contribution is 6.12. The van der Waals surface area contributed by atoms with Crippen LogP contribution in [0, 0.1) is 11.3 Å². The Morgan fingerprint density at radius 3 is 1.04 bits per heavy atom. The first-order valence-electron chi connectivity index (χ1n) is 20.2. The van der Waals surface area contributed by atoms with Gasteiger partial charge in [-0.05, 0) is 91.0 Å². The standard InChI is InChI=1S/C51H25F12N5/c52-48(53,54)30-11-15-41-34(20-30)35-21-31(49(55,56)57)12-16-42(35)67(41)45-24-38(47-65-39(27-7-3-1-4-8-27)25-40(66-47)28-9-5-2-6-10-28)46(19-29(45)26-64)68-43-17-13-32(50(58,59)60)22-36(43)37-23-33(51(61,62)63)14-18-44(37)68/h1-25H. The highest BCUT2D eigenvalue weighted by atomic mass is 19.4.